The Hall–Kier alpha value is -2.41. The predicted molar refractivity (Wildman–Crippen MR) is 90.4 cm³/mol. The molecule has 0 bridgehead atoms. The van der Waals surface area contributed by atoms with Gasteiger partial charge in [-0.05, 0) is 23.6 Å². The van der Waals surface area contributed by atoms with Gasteiger partial charge in [0.15, 0.2) is 0 Å². The SMILES string of the molecule is CCCCOc1nc(Cl)nc(N[C@@H](Cc2ccccc2)C(=O)O)n1. The van der Waals surface area contributed by atoms with E-state index in [0.717, 1.165) is 18.4 Å². The highest BCUT2D eigenvalue weighted by molar-refractivity contribution is 6.28. The summed E-state index contributed by atoms with van der Waals surface area (Å²) in [4.78, 5) is 23.3. The van der Waals surface area contributed by atoms with Crippen LogP contribution < -0.4 is 10.1 Å². The summed E-state index contributed by atoms with van der Waals surface area (Å²) in [7, 11) is 0. The molecule has 2 rings (SSSR count). The fourth-order valence-corrected chi connectivity index (χ4v) is 2.13. The van der Waals surface area contributed by atoms with Gasteiger partial charge in [0.25, 0.3) is 0 Å². The van der Waals surface area contributed by atoms with Crippen molar-refractivity contribution in [3.8, 4) is 6.01 Å². The first-order valence-corrected chi connectivity index (χ1v) is 8.04. The third kappa shape index (κ3) is 5.66. The van der Waals surface area contributed by atoms with E-state index in [9.17, 15) is 9.90 Å². The molecular formula is C16H19ClN4O3. The lowest BCUT2D eigenvalue weighted by molar-refractivity contribution is -0.137. The number of unbranched alkanes of at least 4 members (excludes halogenated alkanes) is 1. The number of carboxylic acids is 1. The van der Waals surface area contributed by atoms with Crippen molar-refractivity contribution in [1.82, 2.24) is 15.0 Å². The number of rotatable bonds is 9. The lowest BCUT2D eigenvalue weighted by Crippen LogP contribution is -2.32. The molecule has 2 aromatic rings. The number of nitrogens with zero attached hydrogens (tertiary/aromatic N) is 3. The highest BCUT2D eigenvalue weighted by Crippen LogP contribution is 2.14. The molecule has 1 aromatic carbocycles. The highest BCUT2D eigenvalue weighted by Gasteiger charge is 2.20. The lowest BCUT2D eigenvalue weighted by atomic mass is 10.1. The number of ether oxygens (including phenoxy) is 1. The van der Waals surface area contributed by atoms with Gasteiger partial charge in [-0.3, -0.25) is 0 Å². The van der Waals surface area contributed by atoms with E-state index >= 15 is 0 Å². The number of aliphatic carboxylic acids is 1. The third-order valence-electron chi connectivity index (χ3n) is 3.20. The first-order valence-electron chi connectivity index (χ1n) is 7.66. The zero-order chi connectivity index (χ0) is 17.4. The van der Waals surface area contributed by atoms with E-state index in [4.69, 9.17) is 16.3 Å². The van der Waals surface area contributed by atoms with Gasteiger partial charge < -0.3 is 15.2 Å². The van der Waals surface area contributed by atoms with Crippen LogP contribution in [0.3, 0.4) is 0 Å². The van der Waals surface area contributed by atoms with Crippen molar-refractivity contribution >= 4 is 23.5 Å². The van der Waals surface area contributed by atoms with Crippen LogP contribution in [-0.4, -0.2) is 38.7 Å². The maximum atomic E-state index is 11.5. The van der Waals surface area contributed by atoms with E-state index in [0.29, 0.717) is 6.61 Å². The molecule has 1 heterocycles. The molecule has 8 heteroatoms. The minimum atomic E-state index is -1.01. The Balaban J connectivity index is 2.09. The second-order valence-electron chi connectivity index (χ2n) is 5.14. The van der Waals surface area contributed by atoms with Gasteiger partial charge in [0.2, 0.25) is 11.2 Å². The molecule has 0 saturated carbocycles. The van der Waals surface area contributed by atoms with Crippen molar-refractivity contribution in [3.63, 3.8) is 0 Å². The van der Waals surface area contributed by atoms with Gasteiger partial charge >= 0.3 is 12.0 Å². The molecular weight excluding hydrogens is 332 g/mol. The summed E-state index contributed by atoms with van der Waals surface area (Å²) in [5.74, 6) is -0.936. The van der Waals surface area contributed by atoms with Crippen molar-refractivity contribution < 1.29 is 14.6 Å². The van der Waals surface area contributed by atoms with Gasteiger partial charge in [-0.15, -0.1) is 0 Å². The quantitative estimate of drug-likeness (QED) is 0.671. The lowest BCUT2D eigenvalue weighted by Gasteiger charge is -2.15. The van der Waals surface area contributed by atoms with Crippen LogP contribution in [0.1, 0.15) is 25.3 Å². The van der Waals surface area contributed by atoms with Gasteiger partial charge in [-0.25, -0.2) is 4.79 Å². The van der Waals surface area contributed by atoms with Crippen LogP contribution in [0.25, 0.3) is 0 Å². The number of carbonyl (C=O) groups is 1. The number of benzene rings is 1. The Morgan fingerprint density at radius 2 is 2.04 bits per heavy atom. The van der Waals surface area contributed by atoms with Crippen molar-refractivity contribution in [2.75, 3.05) is 11.9 Å². The summed E-state index contributed by atoms with van der Waals surface area (Å²) >= 11 is 5.86. The van der Waals surface area contributed by atoms with Crippen LogP contribution in [0.15, 0.2) is 30.3 Å². The number of hydrogen-bond donors (Lipinski definition) is 2. The molecule has 0 spiro atoms. The van der Waals surface area contributed by atoms with Crippen molar-refractivity contribution in [2.24, 2.45) is 0 Å². The zero-order valence-electron chi connectivity index (χ0n) is 13.3. The molecule has 2 N–H and O–H groups in total. The van der Waals surface area contributed by atoms with Crippen LogP contribution in [-0.2, 0) is 11.2 Å². The fourth-order valence-electron chi connectivity index (χ4n) is 1.97. The topological polar surface area (TPSA) is 97.2 Å². The summed E-state index contributed by atoms with van der Waals surface area (Å²) in [5, 5.41) is 12.1. The van der Waals surface area contributed by atoms with E-state index < -0.39 is 12.0 Å². The Morgan fingerprint density at radius 1 is 1.29 bits per heavy atom. The number of halogens is 1. The molecule has 0 aliphatic carbocycles. The average molecular weight is 351 g/mol. The monoisotopic (exact) mass is 350 g/mol. The first-order chi connectivity index (χ1) is 11.6. The summed E-state index contributed by atoms with van der Waals surface area (Å²) in [6.45, 7) is 2.50. The molecule has 0 saturated heterocycles. The molecule has 24 heavy (non-hydrogen) atoms. The highest BCUT2D eigenvalue weighted by atomic mass is 35.5. The summed E-state index contributed by atoms with van der Waals surface area (Å²) in [5.41, 5.74) is 0.886. The van der Waals surface area contributed by atoms with E-state index in [1.54, 1.807) is 0 Å². The van der Waals surface area contributed by atoms with E-state index in [2.05, 4.69) is 20.3 Å². The van der Waals surface area contributed by atoms with Crippen molar-refractivity contribution in [2.45, 2.75) is 32.2 Å². The summed E-state index contributed by atoms with van der Waals surface area (Å²) < 4.78 is 5.39. The third-order valence-corrected chi connectivity index (χ3v) is 3.37. The van der Waals surface area contributed by atoms with E-state index in [-0.39, 0.29) is 23.7 Å². The van der Waals surface area contributed by atoms with Crippen molar-refractivity contribution in [1.29, 1.82) is 0 Å². The van der Waals surface area contributed by atoms with Crippen molar-refractivity contribution in [3.05, 3.63) is 41.2 Å². The van der Waals surface area contributed by atoms with E-state index in [1.165, 1.54) is 0 Å². The molecule has 128 valence electrons. The van der Waals surface area contributed by atoms with Gasteiger partial charge in [0.05, 0.1) is 6.61 Å². The van der Waals surface area contributed by atoms with Gasteiger partial charge in [0, 0.05) is 6.42 Å². The average Bonchev–Trinajstić information content (AvgIpc) is 2.55. The molecule has 7 nitrogen and oxygen atoms in total. The fraction of sp³-hybridized carbons (Fsp3) is 0.375. The second-order valence-corrected chi connectivity index (χ2v) is 5.48. The number of carboxylic acid groups (broad SMARTS) is 1. The van der Waals surface area contributed by atoms with Crippen LogP contribution >= 0.6 is 11.6 Å². The Kier molecular flexibility index (Phi) is 6.74. The molecule has 0 aliphatic heterocycles. The predicted octanol–water partition coefficient (Wildman–Crippen LogP) is 2.81. The Morgan fingerprint density at radius 3 is 2.71 bits per heavy atom. The molecule has 0 fully saturated rings. The van der Waals surface area contributed by atoms with Gasteiger partial charge in [0.1, 0.15) is 6.04 Å². The molecule has 0 unspecified atom stereocenters. The molecule has 1 aromatic heterocycles. The van der Waals surface area contributed by atoms with Crippen LogP contribution in [0, 0.1) is 0 Å². The number of hydrogen-bond acceptors (Lipinski definition) is 6. The normalized spacial score (nSPS) is 11.8. The molecule has 0 aliphatic rings. The van der Waals surface area contributed by atoms with Crippen LogP contribution in [0.4, 0.5) is 5.95 Å². The van der Waals surface area contributed by atoms with Gasteiger partial charge in [-0.1, -0.05) is 43.7 Å². The standard InChI is InChI=1S/C16H19ClN4O3/c1-2-3-9-24-16-20-14(17)19-15(21-16)18-12(13(22)23)10-11-7-5-4-6-8-11/h4-8,12H,2-3,9-10H2,1H3,(H,22,23)(H,18,19,20,21)/t12-/m0/s1. The minimum Gasteiger partial charge on any atom is -0.480 e. The van der Waals surface area contributed by atoms with Crippen LogP contribution in [0.2, 0.25) is 5.28 Å². The molecule has 1 atom stereocenters. The number of anilines is 1. The largest absolute Gasteiger partial charge is 0.480 e. The smallest absolute Gasteiger partial charge is 0.326 e. The summed E-state index contributed by atoms with van der Waals surface area (Å²) in [6, 6.07) is 8.48. The second kappa shape index (κ2) is 9.02. The Labute approximate surface area is 145 Å². The number of aromatic nitrogens is 3. The zero-order valence-corrected chi connectivity index (χ0v) is 14.0. The number of nitrogens with one attached hydrogen (secondary N) is 1. The van der Waals surface area contributed by atoms with E-state index in [1.807, 2.05) is 37.3 Å². The maximum Gasteiger partial charge on any atom is 0.326 e. The molecule has 0 radical (unpaired) electrons. The summed E-state index contributed by atoms with van der Waals surface area (Å²) in [6.07, 6.45) is 2.12. The molecule has 0 amide bonds. The first kappa shape index (κ1) is 17.9. The minimum absolute atomic E-state index is 0.0529. The van der Waals surface area contributed by atoms with Gasteiger partial charge in [-0.2, -0.15) is 15.0 Å². The Bertz CT molecular complexity index is 670. The maximum absolute atomic E-state index is 11.5. The van der Waals surface area contributed by atoms with Crippen LogP contribution in [0.5, 0.6) is 6.01 Å².